The van der Waals surface area contributed by atoms with Gasteiger partial charge in [-0.25, -0.2) is 0 Å². The van der Waals surface area contributed by atoms with E-state index in [0.29, 0.717) is 6.54 Å². The number of aliphatic hydroxyl groups is 1. The molecule has 1 aliphatic rings. The first kappa shape index (κ1) is 18.1. The van der Waals surface area contributed by atoms with Gasteiger partial charge in [-0.2, -0.15) is 0 Å². The standard InChI is InChI=1S/C20H23BrN2O2/c1-20(2,3)22-11-13(24)12-25-23-19-16-8-5-4-7-14(16)15-9-6-10-17(21)18(15)19/h4-10,13,22,24H,11-12H2,1-3H3/b23-19-. The maximum absolute atomic E-state index is 10.1. The Balaban J connectivity index is 1.77. The lowest BCUT2D eigenvalue weighted by atomic mass is 10.1. The molecule has 0 aliphatic heterocycles. The van der Waals surface area contributed by atoms with Crippen LogP contribution in [0.4, 0.5) is 0 Å². The van der Waals surface area contributed by atoms with Gasteiger partial charge in [0.05, 0.1) is 0 Å². The second kappa shape index (κ2) is 7.28. The predicted octanol–water partition coefficient (Wildman–Crippen LogP) is 3.95. The molecule has 0 aromatic heterocycles. The molecule has 1 unspecified atom stereocenters. The van der Waals surface area contributed by atoms with E-state index in [2.05, 4.69) is 59.3 Å². The van der Waals surface area contributed by atoms with Gasteiger partial charge in [-0.15, -0.1) is 0 Å². The van der Waals surface area contributed by atoms with Crippen molar-refractivity contribution in [2.45, 2.75) is 32.4 Å². The van der Waals surface area contributed by atoms with E-state index in [1.165, 1.54) is 0 Å². The number of halogens is 1. The molecule has 25 heavy (non-hydrogen) atoms. The molecule has 2 aromatic rings. The van der Waals surface area contributed by atoms with E-state index in [0.717, 1.165) is 32.4 Å². The molecule has 0 fully saturated rings. The first-order chi connectivity index (χ1) is 11.9. The van der Waals surface area contributed by atoms with E-state index < -0.39 is 6.10 Å². The summed E-state index contributed by atoms with van der Waals surface area (Å²) in [5.74, 6) is 0. The summed E-state index contributed by atoms with van der Waals surface area (Å²) in [6, 6.07) is 14.3. The summed E-state index contributed by atoms with van der Waals surface area (Å²) in [7, 11) is 0. The predicted molar refractivity (Wildman–Crippen MR) is 105 cm³/mol. The lowest BCUT2D eigenvalue weighted by molar-refractivity contribution is 0.0374. The monoisotopic (exact) mass is 402 g/mol. The number of aliphatic hydroxyl groups excluding tert-OH is 1. The fourth-order valence-corrected chi connectivity index (χ4v) is 3.37. The third kappa shape index (κ3) is 4.11. The normalized spacial score (nSPS) is 15.8. The van der Waals surface area contributed by atoms with Crippen molar-refractivity contribution in [3.05, 3.63) is 58.1 Å². The Labute approximate surface area is 157 Å². The summed E-state index contributed by atoms with van der Waals surface area (Å²) >= 11 is 3.62. The SMILES string of the molecule is CC(C)(C)NCC(O)CO/N=C1/c2ccccc2-c2cccc(Br)c21. The van der Waals surface area contributed by atoms with Crippen LogP contribution in [0, 0.1) is 0 Å². The first-order valence-electron chi connectivity index (χ1n) is 8.38. The third-order valence-corrected chi connectivity index (χ3v) is 4.67. The smallest absolute Gasteiger partial charge is 0.144 e. The summed E-state index contributed by atoms with van der Waals surface area (Å²) in [5, 5.41) is 17.7. The molecule has 3 rings (SSSR count). The minimum Gasteiger partial charge on any atom is -0.392 e. The number of nitrogens with one attached hydrogen (secondary N) is 1. The Morgan fingerprint density at radius 1 is 1.08 bits per heavy atom. The molecule has 0 saturated carbocycles. The van der Waals surface area contributed by atoms with Gasteiger partial charge in [-0.05, 0) is 38.0 Å². The number of hydrogen-bond donors (Lipinski definition) is 2. The Bertz CT molecular complexity index is 797. The van der Waals surface area contributed by atoms with Crippen molar-refractivity contribution in [3.63, 3.8) is 0 Å². The molecule has 2 aromatic carbocycles. The number of β-amino-alcohol motifs (C(OH)–C–C–N with tert-alkyl or cyclic N) is 1. The maximum Gasteiger partial charge on any atom is 0.144 e. The lowest BCUT2D eigenvalue weighted by Gasteiger charge is -2.22. The van der Waals surface area contributed by atoms with Gasteiger partial charge in [0.2, 0.25) is 0 Å². The van der Waals surface area contributed by atoms with Crippen LogP contribution in [0.1, 0.15) is 31.9 Å². The van der Waals surface area contributed by atoms with E-state index in [4.69, 9.17) is 4.84 Å². The molecular weight excluding hydrogens is 380 g/mol. The average Bonchev–Trinajstić information content (AvgIpc) is 2.88. The molecular formula is C20H23BrN2O2. The number of fused-ring (bicyclic) bond motifs is 3. The van der Waals surface area contributed by atoms with E-state index in [1.807, 2.05) is 30.3 Å². The van der Waals surface area contributed by atoms with Crippen LogP contribution in [-0.2, 0) is 4.84 Å². The van der Waals surface area contributed by atoms with Crippen LogP contribution in [0.5, 0.6) is 0 Å². The van der Waals surface area contributed by atoms with Gasteiger partial charge < -0.3 is 15.3 Å². The minimum absolute atomic E-state index is 0.0406. The summed E-state index contributed by atoms with van der Waals surface area (Å²) in [6.07, 6.45) is -0.612. The molecule has 0 radical (unpaired) electrons. The molecule has 2 N–H and O–H groups in total. The highest BCUT2D eigenvalue weighted by Gasteiger charge is 2.27. The van der Waals surface area contributed by atoms with Crippen molar-refractivity contribution in [2.75, 3.05) is 13.2 Å². The van der Waals surface area contributed by atoms with Crippen LogP contribution in [0.15, 0.2) is 52.1 Å². The summed E-state index contributed by atoms with van der Waals surface area (Å²) in [6.45, 7) is 6.79. The molecule has 4 nitrogen and oxygen atoms in total. The van der Waals surface area contributed by atoms with Crippen molar-refractivity contribution in [2.24, 2.45) is 5.16 Å². The molecule has 0 amide bonds. The van der Waals surface area contributed by atoms with Crippen molar-refractivity contribution < 1.29 is 9.94 Å². The second-order valence-corrected chi connectivity index (χ2v) is 8.08. The van der Waals surface area contributed by atoms with Crippen molar-refractivity contribution in [3.8, 4) is 11.1 Å². The van der Waals surface area contributed by atoms with E-state index in [-0.39, 0.29) is 12.1 Å². The van der Waals surface area contributed by atoms with E-state index in [1.54, 1.807) is 0 Å². The fourth-order valence-electron chi connectivity index (χ4n) is 2.81. The van der Waals surface area contributed by atoms with E-state index in [9.17, 15) is 5.11 Å². The minimum atomic E-state index is -0.612. The lowest BCUT2D eigenvalue weighted by Crippen LogP contribution is -2.42. The quantitative estimate of drug-likeness (QED) is 0.635. The summed E-state index contributed by atoms with van der Waals surface area (Å²) in [4.78, 5) is 5.49. The van der Waals surface area contributed by atoms with Crippen LogP contribution in [-0.4, -0.2) is 35.6 Å². The zero-order valence-corrected chi connectivity index (χ0v) is 16.3. The van der Waals surface area contributed by atoms with Crippen LogP contribution in [0.2, 0.25) is 0 Å². The Kier molecular flexibility index (Phi) is 5.27. The zero-order valence-electron chi connectivity index (χ0n) is 14.7. The Morgan fingerprint density at radius 2 is 1.76 bits per heavy atom. The van der Waals surface area contributed by atoms with Gasteiger partial charge >= 0.3 is 0 Å². The highest BCUT2D eigenvalue weighted by Crippen LogP contribution is 2.40. The zero-order chi connectivity index (χ0) is 18.0. The van der Waals surface area contributed by atoms with Crippen molar-refractivity contribution in [1.29, 1.82) is 0 Å². The topological polar surface area (TPSA) is 53.8 Å². The van der Waals surface area contributed by atoms with Gasteiger partial charge in [-0.3, -0.25) is 0 Å². The average molecular weight is 403 g/mol. The summed E-state index contributed by atoms with van der Waals surface area (Å²) < 4.78 is 0.985. The number of hydrogen-bond acceptors (Lipinski definition) is 4. The Morgan fingerprint density at radius 3 is 2.48 bits per heavy atom. The maximum atomic E-state index is 10.1. The number of oxime groups is 1. The van der Waals surface area contributed by atoms with Crippen molar-refractivity contribution >= 4 is 21.6 Å². The molecule has 1 aliphatic carbocycles. The fraction of sp³-hybridized carbons (Fsp3) is 0.350. The van der Waals surface area contributed by atoms with E-state index >= 15 is 0 Å². The molecule has 0 heterocycles. The molecule has 5 heteroatoms. The molecule has 132 valence electrons. The number of rotatable bonds is 5. The number of benzene rings is 2. The van der Waals surface area contributed by atoms with Crippen LogP contribution >= 0.6 is 15.9 Å². The van der Waals surface area contributed by atoms with Gasteiger partial charge in [0, 0.05) is 27.7 Å². The molecule has 0 saturated heterocycles. The van der Waals surface area contributed by atoms with Crippen LogP contribution in [0.3, 0.4) is 0 Å². The second-order valence-electron chi connectivity index (χ2n) is 7.23. The van der Waals surface area contributed by atoms with Gasteiger partial charge in [0.25, 0.3) is 0 Å². The highest BCUT2D eigenvalue weighted by molar-refractivity contribution is 9.10. The summed E-state index contributed by atoms with van der Waals surface area (Å²) in [5.41, 5.74) is 5.13. The molecule has 0 bridgehead atoms. The largest absolute Gasteiger partial charge is 0.392 e. The van der Waals surface area contributed by atoms with Crippen LogP contribution < -0.4 is 5.32 Å². The van der Waals surface area contributed by atoms with Gasteiger partial charge in [0.1, 0.15) is 18.4 Å². The molecule has 1 atom stereocenters. The third-order valence-electron chi connectivity index (χ3n) is 4.01. The van der Waals surface area contributed by atoms with Crippen LogP contribution in [0.25, 0.3) is 11.1 Å². The highest BCUT2D eigenvalue weighted by atomic mass is 79.9. The first-order valence-corrected chi connectivity index (χ1v) is 9.18. The van der Waals surface area contributed by atoms with Gasteiger partial charge in [-0.1, -0.05) is 57.5 Å². The molecule has 0 spiro atoms. The Hall–Kier alpha value is -1.69. The number of nitrogens with zero attached hydrogens (tertiary/aromatic N) is 1. The van der Waals surface area contributed by atoms with Crippen molar-refractivity contribution in [1.82, 2.24) is 5.32 Å². The van der Waals surface area contributed by atoms with Gasteiger partial charge in [0.15, 0.2) is 0 Å².